The number of carbonyl (C=O) groups excluding carboxylic acids is 3. The number of anilines is 2. The Morgan fingerprint density at radius 3 is 2.38 bits per heavy atom. The number of rotatable bonds is 10. The fourth-order valence-electron chi connectivity index (χ4n) is 3.84. The van der Waals surface area contributed by atoms with E-state index in [2.05, 4.69) is 20.9 Å². The molecule has 0 radical (unpaired) electrons. The molecule has 1 aromatic heterocycles. The van der Waals surface area contributed by atoms with E-state index in [9.17, 15) is 14.4 Å². The average Bonchev–Trinajstić information content (AvgIpc) is 2.96. The van der Waals surface area contributed by atoms with Crippen molar-refractivity contribution >= 4 is 47.1 Å². The fraction of sp³-hybridized carbons (Fsp3) is 0.125. The number of amides is 3. The molecule has 4 rings (SSSR count). The molecule has 0 spiro atoms. The van der Waals surface area contributed by atoms with E-state index in [0.717, 1.165) is 16.0 Å². The number of benzene rings is 3. The third-order valence-corrected chi connectivity index (χ3v) is 7.19. The number of thioether (sulfide) groups is 1. The van der Waals surface area contributed by atoms with E-state index in [0.29, 0.717) is 23.5 Å². The molecule has 1 atom stereocenters. The predicted octanol–water partition coefficient (Wildman–Crippen LogP) is 6.31. The highest BCUT2D eigenvalue weighted by molar-refractivity contribution is 8.00. The first-order valence-corrected chi connectivity index (χ1v) is 13.7. The van der Waals surface area contributed by atoms with Gasteiger partial charge in [-0.05, 0) is 67.4 Å². The van der Waals surface area contributed by atoms with Crippen LogP contribution in [0.5, 0.6) is 0 Å². The molecule has 0 aliphatic carbocycles. The Labute approximate surface area is 238 Å². The van der Waals surface area contributed by atoms with E-state index in [1.54, 1.807) is 54.7 Å². The van der Waals surface area contributed by atoms with Crippen molar-refractivity contribution in [2.45, 2.75) is 30.4 Å². The monoisotopic (exact) mass is 550 g/mol. The Hall–Kier alpha value is -4.69. The molecule has 3 amide bonds. The molecule has 4 aromatic rings. The Kier molecular flexibility index (Phi) is 9.85. The van der Waals surface area contributed by atoms with Crippen LogP contribution in [0.2, 0.25) is 0 Å². The van der Waals surface area contributed by atoms with Gasteiger partial charge in [0.2, 0.25) is 5.91 Å². The summed E-state index contributed by atoms with van der Waals surface area (Å²) >= 11 is 1.40. The zero-order chi connectivity index (χ0) is 28.3. The van der Waals surface area contributed by atoms with Crippen molar-refractivity contribution in [3.05, 3.63) is 126 Å². The molecule has 0 saturated heterocycles. The molecule has 3 N–H and O–H groups in total. The van der Waals surface area contributed by atoms with Crippen molar-refractivity contribution in [2.24, 2.45) is 0 Å². The summed E-state index contributed by atoms with van der Waals surface area (Å²) < 4.78 is 0. The molecule has 1 heterocycles. The van der Waals surface area contributed by atoms with Crippen molar-refractivity contribution < 1.29 is 14.4 Å². The molecule has 202 valence electrons. The Morgan fingerprint density at radius 2 is 1.65 bits per heavy atom. The third-order valence-electron chi connectivity index (χ3n) is 5.83. The highest BCUT2D eigenvalue weighted by Crippen LogP contribution is 2.28. The summed E-state index contributed by atoms with van der Waals surface area (Å²) in [5.41, 5.74) is 2.91. The fourth-order valence-corrected chi connectivity index (χ4v) is 4.86. The van der Waals surface area contributed by atoms with Crippen molar-refractivity contribution in [2.75, 3.05) is 10.6 Å². The molecule has 8 heteroatoms. The zero-order valence-corrected chi connectivity index (χ0v) is 23.1. The van der Waals surface area contributed by atoms with Crippen LogP contribution in [-0.2, 0) is 9.59 Å². The summed E-state index contributed by atoms with van der Waals surface area (Å²) in [6.45, 7) is 3.90. The quantitative estimate of drug-likeness (QED) is 0.159. The smallest absolute Gasteiger partial charge is 0.272 e. The predicted molar refractivity (Wildman–Crippen MR) is 161 cm³/mol. The van der Waals surface area contributed by atoms with Gasteiger partial charge in [0.15, 0.2) is 0 Å². The van der Waals surface area contributed by atoms with Crippen LogP contribution in [0.1, 0.15) is 34.8 Å². The molecule has 1 unspecified atom stereocenters. The first-order chi connectivity index (χ1) is 19.4. The lowest BCUT2D eigenvalue weighted by Crippen LogP contribution is -2.30. The first kappa shape index (κ1) is 28.3. The van der Waals surface area contributed by atoms with Gasteiger partial charge in [0.25, 0.3) is 11.8 Å². The maximum absolute atomic E-state index is 13.4. The highest BCUT2D eigenvalue weighted by Gasteiger charge is 2.19. The summed E-state index contributed by atoms with van der Waals surface area (Å²) in [6, 6.07) is 29.0. The summed E-state index contributed by atoms with van der Waals surface area (Å²) in [7, 11) is 0. The van der Waals surface area contributed by atoms with Crippen LogP contribution < -0.4 is 16.0 Å². The number of aromatic nitrogens is 1. The van der Waals surface area contributed by atoms with E-state index in [1.165, 1.54) is 11.8 Å². The van der Waals surface area contributed by atoms with Gasteiger partial charge in [0, 0.05) is 22.3 Å². The third kappa shape index (κ3) is 8.15. The van der Waals surface area contributed by atoms with Crippen LogP contribution in [-0.4, -0.2) is 28.0 Å². The van der Waals surface area contributed by atoms with Gasteiger partial charge in [0.05, 0.1) is 5.25 Å². The van der Waals surface area contributed by atoms with Gasteiger partial charge in [0.1, 0.15) is 11.5 Å². The summed E-state index contributed by atoms with van der Waals surface area (Å²) in [4.78, 5) is 44.1. The van der Waals surface area contributed by atoms with Gasteiger partial charge in [-0.15, -0.1) is 11.8 Å². The SMILES string of the molecule is CCC(Sc1cccc(NC(=O)/C(=C\c2cccc(C)c2)NC(=O)c2ccccc2)c1)C(=O)Nc1ccccn1. The molecule has 0 saturated carbocycles. The van der Waals surface area contributed by atoms with Crippen molar-refractivity contribution in [3.63, 3.8) is 0 Å². The van der Waals surface area contributed by atoms with Gasteiger partial charge < -0.3 is 16.0 Å². The number of aryl methyl sites for hydroxylation is 1. The second-order valence-corrected chi connectivity index (χ2v) is 10.3. The summed E-state index contributed by atoms with van der Waals surface area (Å²) in [6.07, 6.45) is 3.88. The lowest BCUT2D eigenvalue weighted by molar-refractivity contribution is -0.116. The number of pyridine rings is 1. The molecular formula is C32H30N4O3S. The minimum Gasteiger partial charge on any atom is -0.321 e. The lowest BCUT2D eigenvalue weighted by atomic mass is 10.1. The Bertz CT molecular complexity index is 1510. The molecule has 0 bridgehead atoms. The topological polar surface area (TPSA) is 100 Å². The van der Waals surface area contributed by atoms with Crippen LogP contribution in [0.15, 0.2) is 114 Å². The van der Waals surface area contributed by atoms with Crippen molar-refractivity contribution in [3.8, 4) is 0 Å². The normalized spacial score (nSPS) is 11.8. The molecule has 40 heavy (non-hydrogen) atoms. The van der Waals surface area contributed by atoms with Crippen LogP contribution in [0, 0.1) is 6.92 Å². The number of nitrogens with one attached hydrogen (secondary N) is 3. The van der Waals surface area contributed by atoms with E-state index < -0.39 is 5.91 Å². The highest BCUT2D eigenvalue weighted by atomic mass is 32.2. The first-order valence-electron chi connectivity index (χ1n) is 12.9. The summed E-state index contributed by atoms with van der Waals surface area (Å²) in [5.74, 6) is -0.498. The van der Waals surface area contributed by atoms with Crippen LogP contribution in [0.4, 0.5) is 11.5 Å². The van der Waals surface area contributed by atoms with Crippen molar-refractivity contribution in [1.29, 1.82) is 0 Å². The Balaban J connectivity index is 1.50. The molecule has 0 aliphatic rings. The second-order valence-electron chi connectivity index (χ2n) is 8.99. The average molecular weight is 551 g/mol. The molecule has 3 aromatic carbocycles. The van der Waals surface area contributed by atoms with E-state index >= 15 is 0 Å². The lowest BCUT2D eigenvalue weighted by Gasteiger charge is -2.15. The molecule has 0 fully saturated rings. The van der Waals surface area contributed by atoms with Crippen LogP contribution in [0.3, 0.4) is 0 Å². The molecule has 0 aliphatic heterocycles. The number of carbonyl (C=O) groups is 3. The molecule has 7 nitrogen and oxygen atoms in total. The van der Waals surface area contributed by atoms with Crippen LogP contribution >= 0.6 is 11.8 Å². The minimum absolute atomic E-state index is 0.110. The van der Waals surface area contributed by atoms with Gasteiger partial charge in [-0.25, -0.2) is 4.98 Å². The summed E-state index contributed by atoms with van der Waals surface area (Å²) in [5, 5.41) is 8.14. The zero-order valence-electron chi connectivity index (χ0n) is 22.3. The van der Waals surface area contributed by atoms with Gasteiger partial charge in [-0.3, -0.25) is 14.4 Å². The van der Waals surface area contributed by atoms with E-state index in [-0.39, 0.29) is 22.8 Å². The number of hydrogen-bond donors (Lipinski definition) is 3. The van der Waals surface area contributed by atoms with Gasteiger partial charge in [-0.2, -0.15) is 0 Å². The second kappa shape index (κ2) is 13.9. The molecular weight excluding hydrogens is 520 g/mol. The largest absolute Gasteiger partial charge is 0.321 e. The van der Waals surface area contributed by atoms with Crippen molar-refractivity contribution in [1.82, 2.24) is 10.3 Å². The van der Waals surface area contributed by atoms with E-state index in [4.69, 9.17) is 0 Å². The number of nitrogens with zero attached hydrogens (tertiary/aromatic N) is 1. The van der Waals surface area contributed by atoms with Gasteiger partial charge >= 0.3 is 0 Å². The standard InChI is InChI=1S/C32H30N4O3S/c1-3-28(32(39)36-29-17-7-8-18-33-29)40-26-16-10-15-25(21-26)34-31(38)27(20-23-12-9-11-22(2)19-23)35-30(37)24-13-5-4-6-14-24/h4-21,28H,3H2,1-2H3,(H,34,38)(H,35,37)(H,33,36,39)/b27-20+. The maximum atomic E-state index is 13.4. The number of hydrogen-bond acceptors (Lipinski definition) is 5. The Morgan fingerprint density at radius 1 is 0.875 bits per heavy atom. The maximum Gasteiger partial charge on any atom is 0.272 e. The minimum atomic E-state index is -0.465. The van der Waals surface area contributed by atoms with E-state index in [1.807, 2.05) is 68.4 Å². The van der Waals surface area contributed by atoms with Crippen LogP contribution in [0.25, 0.3) is 6.08 Å². The van der Waals surface area contributed by atoms with Gasteiger partial charge in [-0.1, -0.05) is 67.1 Å².